The SMILES string of the molecule is O[C@H]1c2cc3c(cc2C=C[C@@H]1c1ccc(F)cc1)OCO3. The Balaban J connectivity index is 1.75. The molecule has 0 saturated carbocycles. The molecule has 3 nitrogen and oxygen atoms in total. The molecular formula is C17H13FO3. The fourth-order valence-corrected chi connectivity index (χ4v) is 2.86. The minimum atomic E-state index is -0.690. The third-order valence-corrected chi connectivity index (χ3v) is 3.98. The van der Waals surface area contributed by atoms with Crippen molar-refractivity contribution in [3.05, 3.63) is 65.0 Å². The lowest BCUT2D eigenvalue weighted by molar-refractivity contribution is 0.159. The second-order valence-electron chi connectivity index (χ2n) is 5.22. The topological polar surface area (TPSA) is 38.7 Å². The van der Waals surface area contributed by atoms with Crippen LogP contribution in [0.5, 0.6) is 11.5 Å². The summed E-state index contributed by atoms with van der Waals surface area (Å²) in [5.41, 5.74) is 2.60. The third kappa shape index (κ3) is 1.99. The van der Waals surface area contributed by atoms with Gasteiger partial charge in [0, 0.05) is 5.92 Å². The molecule has 106 valence electrons. The van der Waals surface area contributed by atoms with Crippen LogP contribution in [-0.2, 0) is 0 Å². The highest BCUT2D eigenvalue weighted by atomic mass is 19.1. The van der Waals surface area contributed by atoms with Gasteiger partial charge in [0.05, 0.1) is 6.10 Å². The van der Waals surface area contributed by atoms with Crippen LogP contribution in [0.4, 0.5) is 4.39 Å². The lowest BCUT2D eigenvalue weighted by atomic mass is 9.82. The number of benzene rings is 2. The van der Waals surface area contributed by atoms with E-state index in [1.54, 1.807) is 12.1 Å². The lowest BCUT2D eigenvalue weighted by Gasteiger charge is -2.26. The Hall–Kier alpha value is -2.33. The van der Waals surface area contributed by atoms with Crippen molar-refractivity contribution in [1.82, 2.24) is 0 Å². The molecule has 2 aromatic carbocycles. The number of hydrogen-bond donors (Lipinski definition) is 1. The van der Waals surface area contributed by atoms with Crippen LogP contribution in [0.3, 0.4) is 0 Å². The van der Waals surface area contributed by atoms with E-state index in [9.17, 15) is 9.50 Å². The quantitative estimate of drug-likeness (QED) is 0.872. The zero-order valence-electron chi connectivity index (χ0n) is 11.1. The van der Waals surface area contributed by atoms with E-state index < -0.39 is 6.10 Å². The van der Waals surface area contributed by atoms with E-state index in [-0.39, 0.29) is 18.5 Å². The Morgan fingerprint density at radius 2 is 1.76 bits per heavy atom. The van der Waals surface area contributed by atoms with E-state index in [0.29, 0.717) is 11.5 Å². The molecule has 0 fully saturated rings. The van der Waals surface area contributed by atoms with Gasteiger partial charge in [0.2, 0.25) is 6.79 Å². The Bertz CT molecular complexity index is 722. The second-order valence-corrected chi connectivity index (χ2v) is 5.22. The van der Waals surface area contributed by atoms with Gasteiger partial charge in [0.25, 0.3) is 0 Å². The molecule has 0 unspecified atom stereocenters. The highest BCUT2D eigenvalue weighted by molar-refractivity contribution is 5.65. The van der Waals surface area contributed by atoms with Crippen molar-refractivity contribution in [3.8, 4) is 11.5 Å². The van der Waals surface area contributed by atoms with Crippen LogP contribution in [0, 0.1) is 5.82 Å². The summed E-state index contributed by atoms with van der Waals surface area (Å²) in [6, 6.07) is 9.91. The highest BCUT2D eigenvalue weighted by Gasteiger charge is 2.28. The van der Waals surface area contributed by atoms with E-state index in [1.165, 1.54) is 12.1 Å². The van der Waals surface area contributed by atoms with Crippen molar-refractivity contribution < 1.29 is 19.0 Å². The number of fused-ring (bicyclic) bond motifs is 2. The van der Waals surface area contributed by atoms with Crippen molar-refractivity contribution in [3.63, 3.8) is 0 Å². The number of aliphatic hydroxyl groups excluding tert-OH is 1. The van der Waals surface area contributed by atoms with Crippen molar-refractivity contribution in [2.24, 2.45) is 0 Å². The van der Waals surface area contributed by atoms with E-state index >= 15 is 0 Å². The predicted octanol–water partition coefficient (Wildman–Crippen LogP) is 3.40. The maximum absolute atomic E-state index is 13.0. The van der Waals surface area contributed by atoms with Gasteiger partial charge >= 0.3 is 0 Å². The number of ether oxygens (including phenoxy) is 2. The summed E-state index contributed by atoms with van der Waals surface area (Å²) < 4.78 is 23.7. The zero-order chi connectivity index (χ0) is 14.4. The van der Waals surface area contributed by atoms with Crippen LogP contribution >= 0.6 is 0 Å². The average Bonchev–Trinajstić information content (AvgIpc) is 2.94. The predicted molar refractivity (Wildman–Crippen MR) is 75.7 cm³/mol. The summed E-state index contributed by atoms with van der Waals surface area (Å²) >= 11 is 0. The molecule has 21 heavy (non-hydrogen) atoms. The van der Waals surface area contributed by atoms with Gasteiger partial charge in [0.1, 0.15) is 5.82 Å². The van der Waals surface area contributed by atoms with Crippen molar-refractivity contribution in [1.29, 1.82) is 0 Å². The Morgan fingerprint density at radius 3 is 2.52 bits per heavy atom. The van der Waals surface area contributed by atoms with Crippen molar-refractivity contribution in [2.75, 3.05) is 6.79 Å². The second kappa shape index (κ2) is 4.60. The van der Waals surface area contributed by atoms with Crippen LogP contribution in [0.1, 0.15) is 28.7 Å². The van der Waals surface area contributed by atoms with E-state index in [0.717, 1.165) is 16.7 Å². The average molecular weight is 284 g/mol. The first-order valence-corrected chi connectivity index (χ1v) is 6.77. The molecule has 0 saturated heterocycles. The van der Waals surface area contributed by atoms with E-state index in [4.69, 9.17) is 9.47 Å². The third-order valence-electron chi connectivity index (χ3n) is 3.98. The van der Waals surface area contributed by atoms with Gasteiger partial charge < -0.3 is 14.6 Å². The molecule has 1 aliphatic heterocycles. The van der Waals surface area contributed by atoms with Gasteiger partial charge in [-0.1, -0.05) is 24.3 Å². The molecule has 0 radical (unpaired) electrons. The van der Waals surface area contributed by atoms with Gasteiger partial charge in [-0.15, -0.1) is 0 Å². The van der Waals surface area contributed by atoms with E-state index in [1.807, 2.05) is 24.3 Å². The fourth-order valence-electron chi connectivity index (χ4n) is 2.86. The molecule has 0 aromatic heterocycles. The Labute approximate surface area is 121 Å². The summed E-state index contributed by atoms with van der Waals surface area (Å²) in [4.78, 5) is 0. The van der Waals surface area contributed by atoms with Gasteiger partial charge in [-0.05, 0) is 41.0 Å². The number of hydrogen-bond acceptors (Lipinski definition) is 3. The molecule has 2 aliphatic rings. The monoisotopic (exact) mass is 284 g/mol. The number of aliphatic hydroxyl groups is 1. The highest BCUT2D eigenvalue weighted by Crippen LogP contribution is 2.44. The maximum Gasteiger partial charge on any atom is 0.231 e. The molecule has 0 amide bonds. The van der Waals surface area contributed by atoms with Gasteiger partial charge in [-0.25, -0.2) is 4.39 Å². The largest absolute Gasteiger partial charge is 0.454 e. The van der Waals surface area contributed by atoms with Crippen LogP contribution in [0.25, 0.3) is 6.08 Å². The molecule has 1 N–H and O–H groups in total. The first-order chi connectivity index (χ1) is 10.2. The normalized spacial score (nSPS) is 22.2. The van der Waals surface area contributed by atoms with Crippen LogP contribution in [0.2, 0.25) is 0 Å². The standard InChI is InChI=1S/C17H13FO3/c18-12-4-1-10(2-5-12)13-6-3-11-7-15-16(21-9-20-15)8-14(11)17(13)19/h1-8,13,17,19H,9H2/t13-,17-/m1/s1. The molecule has 1 heterocycles. The number of halogens is 1. The molecular weight excluding hydrogens is 271 g/mol. The zero-order valence-corrected chi connectivity index (χ0v) is 11.1. The van der Waals surface area contributed by atoms with Gasteiger partial charge in [-0.2, -0.15) is 0 Å². The van der Waals surface area contributed by atoms with Gasteiger partial charge in [-0.3, -0.25) is 0 Å². The Kier molecular flexibility index (Phi) is 2.72. The summed E-state index contributed by atoms with van der Waals surface area (Å²) in [7, 11) is 0. The van der Waals surface area contributed by atoms with Crippen molar-refractivity contribution in [2.45, 2.75) is 12.0 Å². The van der Waals surface area contributed by atoms with Gasteiger partial charge in [0.15, 0.2) is 11.5 Å². The van der Waals surface area contributed by atoms with Crippen LogP contribution < -0.4 is 9.47 Å². The summed E-state index contributed by atoms with van der Waals surface area (Å²) in [6.45, 7) is 0.208. The summed E-state index contributed by atoms with van der Waals surface area (Å²) in [5, 5.41) is 10.6. The van der Waals surface area contributed by atoms with E-state index in [2.05, 4.69) is 0 Å². The molecule has 4 rings (SSSR count). The van der Waals surface area contributed by atoms with Crippen LogP contribution in [0.15, 0.2) is 42.5 Å². The molecule has 2 aromatic rings. The van der Waals surface area contributed by atoms with Crippen molar-refractivity contribution >= 4 is 6.08 Å². The molecule has 0 spiro atoms. The van der Waals surface area contributed by atoms with Crippen LogP contribution in [-0.4, -0.2) is 11.9 Å². The molecule has 1 aliphatic carbocycles. The minimum absolute atomic E-state index is 0.196. The maximum atomic E-state index is 13.0. The first kappa shape index (κ1) is 12.4. The lowest BCUT2D eigenvalue weighted by Crippen LogP contribution is -2.13. The number of rotatable bonds is 1. The minimum Gasteiger partial charge on any atom is -0.454 e. The summed E-state index contributed by atoms with van der Waals surface area (Å²) in [5.74, 6) is 0.877. The molecule has 4 heteroatoms. The molecule has 0 bridgehead atoms. The molecule has 2 atom stereocenters. The Morgan fingerprint density at radius 1 is 1.05 bits per heavy atom. The first-order valence-electron chi connectivity index (χ1n) is 6.77. The fraction of sp³-hybridized carbons (Fsp3) is 0.176. The smallest absolute Gasteiger partial charge is 0.231 e. The summed E-state index contributed by atoms with van der Waals surface area (Å²) in [6.07, 6.45) is 3.20.